The third-order valence-electron chi connectivity index (χ3n) is 4.01. The smallest absolute Gasteiger partial charge is 0.127 e. The van der Waals surface area contributed by atoms with Gasteiger partial charge in [-0.15, -0.1) is 0 Å². The van der Waals surface area contributed by atoms with Crippen LogP contribution in [0.2, 0.25) is 5.02 Å². The van der Waals surface area contributed by atoms with Crippen molar-refractivity contribution >= 4 is 22.4 Å². The molecule has 0 spiro atoms. The lowest BCUT2D eigenvalue weighted by Gasteiger charge is -2.20. The zero-order valence-corrected chi connectivity index (χ0v) is 12.8. The maximum absolute atomic E-state index is 10.7. The van der Waals surface area contributed by atoms with Gasteiger partial charge in [-0.25, -0.2) is 0 Å². The predicted molar refractivity (Wildman–Crippen MR) is 90.6 cm³/mol. The Labute approximate surface area is 134 Å². The van der Waals surface area contributed by atoms with Gasteiger partial charge in [0, 0.05) is 28.5 Å². The van der Waals surface area contributed by atoms with Gasteiger partial charge in [-0.3, -0.25) is 0 Å². The molecular formula is C19H17ClO2. The van der Waals surface area contributed by atoms with Gasteiger partial charge in [-0.2, -0.15) is 0 Å². The first-order chi connectivity index (χ1) is 10.7. The summed E-state index contributed by atoms with van der Waals surface area (Å²) < 4.78 is 0. The SMILES string of the molecule is OCC[C@@H](c1ccccc1Cl)c1ccc2ccccc2c1O. The lowest BCUT2D eigenvalue weighted by Crippen LogP contribution is -2.05. The molecule has 3 aromatic rings. The van der Waals surface area contributed by atoms with Crippen LogP contribution in [0.5, 0.6) is 5.75 Å². The Morgan fingerprint density at radius 2 is 1.59 bits per heavy atom. The predicted octanol–water partition coefficient (Wildman–Crippen LogP) is 4.71. The van der Waals surface area contributed by atoms with E-state index in [1.807, 2.05) is 60.7 Å². The average Bonchev–Trinajstić information content (AvgIpc) is 2.55. The normalized spacial score (nSPS) is 12.5. The lowest BCUT2D eigenvalue weighted by atomic mass is 9.87. The lowest BCUT2D eigenvalue weighted by molar-refractivity contribution is 0.281. The van der Waals surface area contributed by atoms with Gasteiger partial charge in [0.2, 0.25) is 0 Å². The van der Waals surface area contributed by atoms with Gasteiger partial charge in [-0.1, -0.05) is 66.2 Å². The maximum Gasteiger partial charge on any atom is 0.127 e. The Balaban J connectivity index is 2.17. The molecule has 0 saturated heterocycles. The first-order valence-corrected chi connectivity index (χ1v) is 7.66. The molecule has 0 unspecified atom stereocenters. The van der Waals surface area contributed by atoms with Crippen LogP contribution in [0.4, 0.5) is 0 Å². The minimum atomic E-state index is -0.136. The maximum atomic E-state index is 10.7. The zero-order valence-electron chi connectivity index (χ0n) is 12.0. The van der Waals surface area contributed by atoms with Crippen LogP contribution in [0.25, 0.3) is 10.8 Å². The molecule has 0 heterocycles. The molecule has 0 amide bonds. The van der Waals surface area contributed by atoms with Gasteiger partial charge in [0.15, 0.2) is 0 Å². The third kappa shape index (κ3) is 2.68. The van der Waals surface area contributed by atoms with Gasteiger partial charge in [0.25, 0.3) is 0 Å². The molecule has 2 N–H and O–H groups in total. The second kappa shape index (κ2) is 6.39. The molecule has 0 saturated carbocycles. The summed E-state index contributed by atoms with van der Waals surface area (Å²) in [7, 11) is 0. The van der Waals surface area contributed by atoms with Crippen molar-refractivity contribution in [3.05, 3.63) is 76.8 Å². The number of aromatic hydroxyl groups is 1. The molecule has 0 aliphatic carbocycles. The highest BCUT2D eigenvalue weighted by Gasteiger charge is 2.20. The summed E-state index contributed by atoms with van der Waals surface area (Å²) in [4.78, 5) is 0. The summed E-state index contributed by atoms with van der Waals surface area (Å²) in [6, 6.07) is 19.2. The van der Waals surface area contributed by atoms with Crippen molar-refractivity contribution in [2.75, 3.05) is 6.61 Å². The van der Waals surface area contributed by atoms with Crippen LogP contribution in [-0.2, 0) is 0 Å². The average molecular weight is 313 g/mol. The van der Waals surface area contributed by atoms with Crippen molar-refractivity contribution in [2.45, 2.75) is 12.3 Å². The van der Waals surface area contributed by atoms with Crippen molar-refractivity contribution in [3.8, 4) is 5.75 Å². The Kier molecular flexibility index (Phi) is 4.32. The number of benzene rings is 3. The van der Waals surface area contributed by atoms with Crippen LogP contribution in [0.1, 0.15) is 23.5 Å². The molecule has 112 valence electrons. The van der Waals surface area contributed by atoms with Crippen LogP contribution in [-0.4, -0.2) is 16.8 Å². The molecule has 0 fully saturated rings. The molecule has 0 aromatic heterocycles. The minimum Gasteiger partial charge on any atom is -0.507 e. The molecule has 2 nitrogen and oxygen atoms in total. The van der Waals surface area contributed by atoms with E-state index in [1.165, 1.54) is 0 Å². The van der Waals surface area contributed by atoms with Crippen LogP contribution in [0.3, 0.4) is 0 Å². The molecule has 0 bridgehead atoms. The van der Waals surface area contributed by atoms with E-state index in [-0.39, 0.29) is 18.3 Å². The van der Waals surface area contributed by atoms with Crippen molar-refractivity contribution in [1.29, 1.82) is 0 Å². The first-order valence-electron chi connectivity index (χ1n) is 7.28. The largest absolute Gasteiger partial charge is 0.507 e. The fourth-order valence-corrected chi connectivity index (χ4v) is 3.19. The van der Waals surface area contributed by atoms with Gasteiger partial charge in [0.05, 0.1) is 0 Å². The van der Waals surface area contributed by atoms with Crippen molar-refractivity contribution < 1.29 is 10.2 Å². The summed E-state index contributed by atoms with van der Waals surface area (Å²) in [5.74, 6) is 0.125. The zero-order chi connectivity index (χ0) is 15.5. The Hall–Kier alpha value is -2.03. The van der Waals surface area contributed by atoms with Crippen LogP contribution >= 0.6 is 11.6 Å². The highest BCUT2D eigenvalue weighted by molar-refractivity contribution is 6.31. The van der Waals surface area contributed by atoms with Crippen LogP contribution < -0.4 is 0 Å². The number of halogens is 1. The van der Waals surface area contributed by atoms with Crippen molar-refractivity contribution in [2.24, 2.45) is 0 Å². The highest BCUT2D eigenvalue weighted by atomic mass is 35.5. The van der Waals surface area contributed by atoms with E-state index in [2.05, 4.69) is 0 Å². The second-order valence-corrected chi connectivity index (χ2v) is 5.72. The minimum absolute atomic E-state index is 0.0299. The Morgan fingerprint density at radius 1 is 0.864 bits per heavy atom. The molecule has 0 radical (unpaired) electrons. The standard InChI is InChI=1S/C19H17ClO2/c20-18-8-4-3-7-16(18)15(11-12-21)17-10-9-13-5-1-2-6-14(13)19(17)22/h1-10,15,21-22H,11-12H2/t15-/m0/s1. The Bertz CT molecular complexity index is 798. The van der Waals surface area contributed by atoms with E-state index >= 15 is 0 Å². The molecule has 3 rings (SSSR count). The summed E-state index contributed by atoms with van der Waals surface area (Å²) in [5.41, 5.74) is 1.71. The molecule has 3 heteroatoms. The number of aliphatic hydroxyl groups is 1. The summed E-state index contributed by atoms with van der Waals surface area (Å²) >= 11 is 6.31. The number of phenols is 1. The van der Waals surface area contributed by atoms with Gasteiger partial charge in [0.1, 0.15) is 5.75 Å². The van der Waals surface area contributed by atoms with E-state index < -0.39 is 0 Å². The Morgan fingerprint density at radius 3 is 2.36 bits per heavy atom. The van der Waals surface area contributed by atoms with E-state index in [9.17, 15) is 10.2 Å². The second-order valence-electron chi connectivity index (χ2n) is 5.31. The molecule has 3 aromatic carbocycles. The fourth-order valence-electron chi connectivity index (χ4n) is 2.92. The van der Waals surface area contributed by atoms with Gasteiger partial charge >= 0.3 is 0 Å². The third-order valence-corrected chi connectivity index (χ3v) is 4.35. The molecule has 22 heavy (non-hydrogen) atoms. The van der Waals surface area contributed by atoms with Crippen molar-refractivity contribution in [3.63, 3.8) is 0 Å². The van der Waals surface area contributed by atoms with Gasteiger partial charge < -0.3 is 10.2 Å². The van der Waals surface area contributed by atoms with Crippen molar-refractivity contribution in [1.82, 2.24) is 0 Å². The van der Waals surface area contributed by atoms with E-state index in [0.717, 1.165) is 21.9 Å². The first kappa shape index (κ1) is 14.9. The molecule has 0 aliphatic heterocycles. The number of aliphatic hydroxyl groups excluding tert-OH is 1. The highest BCUT2D eigenvalue weighted by Crippen LogP contribution is 2.40. The van der Waals surface area contributed by atoms with E-state index in [4.69, 9.17) is 11.6 Å². The summed E-state index contributed by atoms with van der Waals surface area (Å²) in [5, 5.41) is 22.6. The van der Waals surface area contributed by atoms with Crippen LogP contribution in [0, 0.1) is 0 Å². The van der Waals surface area contributed by atoms with Crippen LogP contribution in [0.15, 0.2) is 60.7 Å². The molecule has 0 aliphatic rings. The number of hydrogen-bond donors (Lipinski definition) is 2. The fraction of sp³-hybridized carbons (Fsp3) is 0.158. The molecule has 1 atom stereocenters. The number of rotatable bonds is 4. The molecular weight excluding hydrogens is 296 g/mol. The van der Waals surface area contributed by atoms with Gasteiger partial charge in [-0.05, 0) is 23.4 Å². The monoisotopic (exact) mass is 312 g/mol. The number of phenolic OH excluding ortho intramolecular Hbond substituents is 1. The number of fused-ring (bicyclic) bond motifs is 1. The quantitative estimate of drug-likeness (QED) is 0.732. The van der Waals surface area contributed by atoms with E-state index in [0.29, 0.717) is 11.4 Å². The summed E-state index contributed by atoms with van der Waals surface area (Å²) in [6.45, 7) is 0.0299. The van der Waals surface area contributed by atoms with E-state index in [1.54, 1.807) is 0 Å². The summed E-state index contributed by atoms with van der Waals surface area (Å²) in [6.07, 6.45) is 0.510. The number of hydrogen-bond acceptors (Lipinski definition) is 2. The topological polar surface area (TPSA) is 40.5 Å².